The van der Waals surface area contributed by atoms with Crippen molar-refractivity contribution in [2.24, 2.45) is 0 Å². The van der Waals surface area contributed by atoms with Crippen molar-refractivity contribution >= 4 is 16.5 Å². The fourth-order valence-electron chi connectivity index (χ4n) is 2.66. The molecule has 1 aromatic rings. The van der Waals surface area contributed by atoms with Gasteiger partial charge < -0.3 is 10.5 Å². The summed E-state index contributed by atoms with van der Waals surface area (Å²) in [6, 6.07) is 7.36. The summed E-state index contributed by atoms with van der Waals surface area (Å²) in [6.07, 6.45) is 0.779. The van der Waals surface area contributed by atoms with Crippen molar-refractivity contribution in [3.8, 4) is 0 Å². The molecule has 4 heteroatoms. The molecule has 1 fully saturated rings. The Morgan fingerprint density at radius 2 is 1.89 bits per heavy atom. The summed E-state index contributed by atoms with van der Waals surface area (Å²) >= 11 is 0. The summed E-state index contributed by atoms with van der Waals surface area (Å²) in [5.41, 5.74) is 5.88. The lowest BCUT2D eigenvalue weighted by molar-refractivity contribution is -0.0633. The molecule has 1 heterocycles. The maximum absolute atomic E-state index is 12.7. The number of anilines is 1. The van der Waals surface area contributed by atoms with Crippen molar-refractivity contribution in [1.29, 1.82) is 0 Å². The van der Waals surface area contributed by atoms with Crippen LogP contribution in [0, 0.1) is 0 Å². The van der Waals surface area contributed by atoms with Gasteiger partial charge in [0, 0.05) is 5.69 Å². The SMILES string of the molecule is CC1(C)CC(S(=O)c2ccccc2N)C(C)(C)O1. The smallest absolute Gasteiger partial charge is 0.0781 e. The molecule has 0 saturated carbocycles. The normalized spacial score (nSPS) is 27.0. The Labute approximate surface area is 111 Å². The van der Waals surface area contributed by atoms with E-state index in [0.29, 0.717) is 5.69 Å². The van der Waals surface area contributed by atoms with Gasteiger partial charge in [-0.3, -0.25) is 4.21 Å². The zero-order chi connectivity index (χ0) is 13.6. The fourth-order valence-corrected chi connectivity index (χ4v) is 4.60. The molecule has 0 aromatic heterocycles. The van der Waals surface area contributed by atoms with Gasteiger partial charge in [-0.25, -0.2) is 0 Å². The molecule has 1 aliphatic heterocycles. The molecule has 0 aliphatic carbocycles. The summed E-state index contributed by atoms with van der Waals surface area (Å²) in [5.74, 6) is 0. The predicted octanol–water partition coefficient (Wildman–Crippen LogP) is 2.72. The highest BCUT2D eigenvalue weighted by molar-refractivity contribution is 7.86. The first kappa shape index (κ1) is 13.6. The van der Waals surface area contributed by atoms with E-state index in [1.807, 2.05) is 45.9 Å². The quantitative estimate of drug-likeness (QED) is 0.838. The molecule has 2 unspecified atom stereocenters. The van der Waals surface area contributed by atoms with Gasteiger partial charge >= 0.3 is 0 Å². The summed E-state index contributed by atoms with van der Waals surface area (Å²) in [5, 5.41) is -0.0304. The largest absolute Gasteiger partial charge is 0.398 e. The van der Waals surface area contributed by atoms with Crippen LogP contribution in [-0.4, -0.2) is 20.7 Å². The first-order valence-corrected chi connectivity index (χ1v) is 7.39. The standard InChI is InChI=1S/C14H21NO2S/c1-13(2)9-12(14(3,4)17-13)18(16)11-8-6-5-7-10(11)15/h5-8,12H,9,15H2,1-4H3. The van der Waals surface area contributed by atoms with Gasteiger partial charge in [-0.2, -0.15) is 0 Å². The lowest BCUT2D eigenvalue weighted by Crippen LogP contribution is -2.35. The first-order valence-electron chi connectivity index (χ1n) is 6.18. The van der Waals surface area contributed by atoms with Crippen LogP contribution in [0.4, 0.5) is 5.69 Å². The van der Waals surface area contributed by atoms with Crippen molar-refractivity contribution in [2.75, 3.05) is 5.73 Å². The lowest BCUT2D eigenvalue weighted by Gasteiger charge is -2.27. The summed E-state index contributed by atoms with van der Waals surface area (Å²) in [4.78, 5) is 0.719. The van der Waals surface area contributed by atoms with Gasteiger partial charge in [0.25, 0.3) is 0 Å². The van der Waals surface area contributed by atoms with E-state index in [2.05, 4.69) is 0 Å². The van der Waals surface area contributed by atoms with E-state index in [9.17, 15) is 4.21 Å². The van der Waals surface area contributed by atoms with Gasteiger partial charge in [0.15, 0.2) is 0 Å². The van der Waals surface area contributed by atoms with Crippen LogP contribution in [0.15, 0.2) is 29.2 Å². The van der Waals surface area contributed by atoms with E-state index in [1.54, 1.807) is 6.07 Å². The molecule has 0 spiro atoms. The van der Waals surface area contributed by atoms with Crippen molar-refractivity contribution in [2.45, 2.75) is 55.5 Å². The minimum Gasteiger partial charge on any atom is -0.398 e. The van der Waals surface area contributed by atoms with Crippen molar-refractivity contribution in [3.63, 3.8) is 0 Å². The Morgan fingerprint density at radius 3 is 2.39 bits per heavy atom. The number of hydrogen-bond acceptors (Lipinski definition) is 3. The fraction of sp³-hybridized carbons (Fsp3) is 0.571. The highest BCUT2D eigenvalue weighted by Gasteiger charge is 2.49. The van der Waals surface area contributed by atoms with Gasteiger partial charge in [-0.1, -0.05) is 12.1 Å². The highest BCUT2D eigenvalue weighted by Crippen LogP contribution is 2.42. The van der Waals surface area contributed by atoms with Crippen LogP contribution in [0.5, 0.6) is 0 Å². The third-order valence-corrected chi connectivity index (χ3v) is 5.44. The zero-order valence-corrected chi connectivity index (χ0v) is 12.2. The van der Waals surface area contributed by atoms with E-state index in [4.69, 9.17) is 10.5 Å². The average Bonchev–Trinajstić information content (AvgIpc) is 2.46. The number of nitrogens with two attached hydrogens (primary N) is 1. The minimum atomic E-state index is -1.14. The molecule has 2 N–H and O–H groups in total. The Morgan fingerprint density at radius 1 is 1.28 bits per heavy atom. The van der Waals surface area contributed by atoms with Crippen LogP contribution in [0.3, 0.4) is 0 Å². The molecular weight excluding hydrogens is 246 g/mol. The maximum Gasteiger partial charge on any atom is 0.0781 e. The number of nitrogen functional groups attached to an aromatic ring is 1. The molecular formula is C14H21NO2S. The summed E-state index contributed by atoms with van der Waals surface area (Å²) in [6.45, 7) is 8.09. The van der Waals surface area contributed by atoms with E-state index in [-0.39, 0.29) is 10.9 Å². The predicted molar refractivity (Wildman–Crippen MR) is 74.9 cm³/mol. The van der Waals surface area contributed by atoms with Gasteiger partial charge in [-0.05, 0) is 46.2 Å². The van der Waals surface area contributed by atoms with Gasteiger partial charge in [-0.15, -0.1) is 0 Å². The number of hydrogen-bond donors (Lipinski definition) is 1. The van der Waals surface area contributed by atoms with Crippen LogP contribution in [-0.2, 0) is 15.5 Å². The molecule has 2 rings (SSSR count). The number of para-hydroxylation sites is 1. The molecule has 3 nitrogen and oxygen atoms in total. The van der Waals surface area contributed by atoms with Crippen LogP contribution < -0.4 is 5.73 Å². The Bertz CT molecular complexity index is 482. The van der Waals surface area contributed by atoms with E-state index >= 15 is 0 Å². The minimum absolute atomic E-state index is 0.0304. The molecule has 2 atom stereocenters. The summed E-state index contributed by atoms with van der Waals surface area (Å²) < 4.78 is 18.7. The molecule has 1 aliphatic rings. The first-order chi connectivity index (χ1) is 8.23. The Kier molecular flexibility index (Phi) is 3.28. The van der Waals surface area contributed by atoms with Crippen molar-refractivity contribution in [3.05, 3.63) is 24.3 Å². The lowest BCUT2D eigenvalue weighted by atomic mass is 10.0. The summed E-state index contributed by atoms with van der Waals surface area (Å²) in [7, 11) is -1.14. The third kappa shape index (κ3) is 2.45. The van der Waals surface area contributed by atoms with Gasteiger partial charge in [0.2, 0.25) is 0 Å². The zero-order valence-electron chi connectivity index (χ0n) is 11.4. The Hall–Kier alpha value is -0.870. The second-order valence-electron chi connectivity index (χ2n) is 5.99. The van der Waals surface area contributed by atoms with Gasteiger partial charge in [0.05, 0.1) is 32.1 Å². The molecule has 18 heavy (non-hydrogen) atoms. The second kappa shape index (κ2) is 4.35. The topological polar surface area (TPSA) is 52.3 Å². The number of rotatable bonds is 2. The monoisotopic (exact) mass is 267 g/mol. The number of ether oxygens (including phenoxy) is 1. The maximum atomic E-state index is 12.7. The van der Waals surface area contributed by atoms with Crippen LogP contribution in [0.25, 0.3) is 0 Å². The molecule has 100 valence electrons. The van der Waals surface area contributed by atoms with E-state index in [0.717, 1.165) is 11.3 Å². The van der Waals surface area contributed by atoms with Crippen molar-refractivity contribution < 1.29 is 8.95 Å². The highest BCUT2D eigenvalue weighted by atomic mass is 32.2. The van der Waals surface area contributed by atoms with Crippen LogP contribution >= 0.6 is 0 Å². The number of benzene rings is 1. The van der Waals surface area contributed by atoms with Crippen LogP contribution in [0.1, 0.15) is 34.1 Å². The average molecular weight is 267 g/mol. The third-order valence-electron chi connectivity index (χ3n) is 3.39. The molecule has 0 radical (unpaired) electrons. The molecule has 1 aromatic carbocycles. The Balaban J connectivity index is 2.33. The van der Waals surface area contributed by atoms with Crippen LogP contribution in [0.2, 0.25) is 0 Å². The van der Waals surface area contributed by atoms with E-state index < -0.39 is 16.4 Å². The second-order valence-corrected chi connectivity index (χ2v) is 7.60. The van der Waals surface area contributed by atoms with Gasteiger partial charge in [0.1, 0.15) is 0 Å². The molecule has 0 bridgehead atoms. The van der Waals surface area contributed by atoms with Crippen molar-refractivity contribution in [1.82, 2.24) is 0 Å². The molecule has 1 saturated heterocycles. The molecule has 0 amide bonds. The van der Waals surface area contributed by atoms with E-state index in [1.165, 1.54) is 0 Å².